The maximum absolute atomic E-state index is 4.61. The minimum Gasteiger partial charge on any atom is -0.350 e. The highest BCUT2D eigenvalue weighted by atomic mass is 15.3. The summed E-state index contributed by atoms with van der Waals surface area (Å²) >= 11 is 0. The Kier molecular flexibility index (Phi) is 3.99. The van der Waals surface area contributed by atoms with Gasteiger partial charge in [0.2, 0.25) is 5.95 Å². The molecular weight excluding hydrogens is 262 g/mol. The Morgan fingerprint density at radius 1 is 1.24 bits per heavy atom. The minimum absolute atomic E-state index is 0.343. The van der Waals surface area contributed by atoms with Crippen LogP contribution in [0.2, 0.25) is 0 Å². The summed E-state index contributed by atoms with van der Waals surface area (Å²) in [6.07, 6.45) is 4.14. The molecule has 0 bridgehead atoms. The zero-order valence-electron chi connectivity index (χ0n) is 12.5. The molecule has 0 aliphatic heterocycles. The predicted molar refractivity (Wildman–Crippen MR) is 84.2 cm³/mol. The van der Waals surface area contributed by atoms with Crippen LogP contribution in [0.5, 0.6) is 0 Å². The van der Waals surface area contributed by atoms with Crippen LogP contribution in [0.1, 0.15) is 32.3 Å². The molecule has 0 amide bonds. The van der Waals surface area contributed by atoms with Crippen LogP contribution in [0.15, 0.2) is 36.5 Å². The molecule has 1 aliphatic carbocycles. The van der Waals surface area contributed by atoms with Crippen molar-refractivity contribution in [2.45, 2.75) is 45.3 Å². The van der Waals surface area contributed by atoms with E-state index in [0.717, 1.165) is 12.4 Å². The van der Waals surface area contributed by atoms with E-state index in [1.54, 1.807) is 6.20 Å². The standard InChI is InChI=1S/C16H21N5/c1-12(2)21(11-13-6-4-3-5-7-13)15-10-17-20-16(19-15)18-14-8-9-14/h3-7,10,12,14H,8-9,11H2,1-2H3,(H,18,19,20). The molecular formula is C16H21N5. The molecule has 0 saturated heterocycles. The van der Waals surface area contributed by atoms with E-state index >= 15 is 0 Å². The zero-order chi connectivity index (χ0) is 14.7. The van der Waals surface area contributed by atoms with Gasteiger partial charge in [0.1, 0.15) is 0 Å². The number of hydrogen-bond acceptors (Lipinski definition) is 5. The third-order valence-electron chi connectivity index (χ3n) is 3.57. The van der Waals surface area contributed by atoms with Crippen molar-refractivity contribution in [1.82, 2.24) is 15.2 Å². The van der Waals surface area contributed by atoms with Gasteiger partial charge in [-0.2, -0.15) is 10.1 Å². The molecule has 0 radical (unpaired) electrons. The third kappa shape index (κ3) is 3.68. The first-order valence-electron chi connectivity index (χ1n) is 7.49. The van der Waals surface area contributed by atoms with Crippen LogP contribution in [-0.2, 0) is 6.54 Å². The molecule has 3 rings (SSSR count). The molecule has 0 unspecified atom stereocenters. The number of benzene rings is 1. The van der Waals surface area contributed by atoms with Crippen LogP contribution < -0.4 is 10.2 Å². The smallest absolute Gasteiger partial charge is 0.244 e. The molecule has 0 atom stereocenters. The molecule has 5 heteroatoms. The van der Waals surface area contributed by atoms with Crippen LogP contribution in [0.3, 0.4) is 0 Å². The Balaban J connectivity index is 1.79. The second-order valence-electron chi connectivity index (χ2n) is 5.76. The molecule has 1 heterocycles. The zero-order valence-corrected chi connectivity index (χ0v) is 12.5. The van der Waals surface area contributed by atoms with Crippen LogP contribution in [-0.4, -0.2) is 27.3 Å². The van der Waals surface area contributed by atoms with E-state index in [1.807, 2.05) is 6.07 Å². The Morgan fingerprint density at radius 3 is 2.67 bits per heavy atom. The van der Waals surface area contributed by atoms with Crippen LogP contribution in [0.4, 0.5) is 11.8 Å². The van der Waals surface area contributed by atoms with Gasteiger partial charge in [-0.05, 0) is 32.3 Å². The van der Waals surface area contributed by atoms with Crippen LogP contribution in [0, 0.1) is 0 Å². The topological polar surface area (TPSA) is 53.9 Å². The molecule has 5 nitrogen and oxygen atoms in total. The summed E-state index contributed by atoms with van der Waals surface area (Å²) in [5, 5.41) is 11.5. The Bertz CT molecular complexity index is 580. The van der Waals surface area contributed by atoms with E-state index in [-0.39, 0.29) is 0 Å². The van der Waals surface area contributed by atoms with E-state index in [9.17, 15) is 0 Å². The molecule has 110 valence electrons. The number of nitrogens with one attached hydrogen (secondary N) is 1. The third-order valence-corrected chi connectivity index (χ3v) is 3.57. The van der Waals surface area contributed by atoms with Crippen LogP contribution >= 0.6 is 0 Å². The summed E-state index contributed by atoms with van der Waals surface area (Å²) in [7, 11) is 0. The second-order valence-corrected chi connectivity index (χ2v) is 5.76. The minimum atomic E-state index is 0.343. The van der Waals surface area contributed by atoms with Crippen molar-refractivity contribution in [3.05, 3.63) is 42.1 Å². The second kappa shape index (κ2) is 6.08. The Hall–Kier alpha value is -2.17. The van der Waals surface area contributed by atoms with Crippen molar-refractivity contribution in [2.75, 3.05) is 10.2 Å². The number of anilines is 2. The lowest BCUT2D eigenvalue weighted by Crippen LogP contribution is -2.31. The molecule has 1 aromatic carbocycles. The van der Waals surface area contributed by atoms with Gasteiger partial charge in [-0.3, -0.25) is 0 Å². The summed E-state index contributed by atoms with van der Waals surface area (Å²) in [5.41, 5.74) is 1.27. The first kappa shape index (κ1) is 13.8. The van der Waals surface area contributed by atoms with Gasteiger partial charge in [0.15, 0.2) is 5.82 Å². The van der Waals surface area contributed by atoms with Gasteiger partial charge in [0.05, 0.1) is 6.20 Å². The van der Waals surface area contributed by atoms with Crippen molar-refractivity contribution < 1.29 is 0 Å². The lowest BCUT2D eigenvalue weighted by atomic mass is 10.2. The molecule has 0 spiro atoms. The summed E-state index contributed by atoms with van der Waals surface area (Å²) in [6, 6.07) is 11.3. The maximum Gasteiger partial charge on any atom is 0.244 e. The lowest BCUT2D eigenvalue weighted by molar-refractivity contribution is 0.667. The molecule has 1 fully saturated rings. The number of aromatic nitrogens is 3. The number of rotatable bonds is 6. The molecule has 1 aromatic heterocycles. The quantitative estimate of drug-likeness (QED) is 0.883. The Labute approximate surface area is 125 Å². The van der Waals surface area contributed by atoms with Gasteiger partial charge in [-0.25, -0.2) is 0 Å². The molecule has 1 N–H and O–H groups in total. The average molecular weight is 283 g/mol. The van der Waals surface area contributed by atoms with E-state index in [4.69, 9.17) is 0 Å². The van der Waals surface area contributed by atoms with Crippen molar-refractivity contribution in [3.8, 4) is 0 Å². The highest BCUT2D eigenvalue weighted by Crippen LogP contribution is 2.24. The monoisotopic (exact) mass is 283 g/mol. The predicted octanol–water partition coefficient (Wildman–Crippen LogP) is 2.86. The van der Waals surface area contributed by atoms with Crippen molar-refractivity contribution >= 4 is 11.8 Å². The van der Waals surface area contributed by atoms with E-state index in [1.165, 1.54) is 18.4 Å². The summed E-state index contributed by atoms with van der Waals surface area (Å²) < 4.78 is 0. The van der Waals surface area contributed by atoms with E-state index in [0.29, 0.717) is 18.0 Å². The first-order chi connectivity index (χ1) is 10.2. The fourth-order valence-corrected chi connectivity index (χ4v) is 2.21. The highest BCUT2D eigenvalue weighted by molar-refractivity contribution is 5.42. The van der Waals surface area contributed by atoms with Crippen molar-refractivity contribution in [3.63, 3.8) is 0 Å². The summed E-state index contributed by atoms with van der Waals surface area (Å²) in [5.74, 6) is 1.50. The molecule has 1 aliphatic rings. The molecule has 2 aromatic rings. The van der Waals surface area contributed by atoms with Crippen molar-refractivity contribution in [1.29, 1.82) is 0 Å². The lowest BCUT2D eigenvalue weighted by Gasteiger charge is -2.27. The maximum atomic E-state index is 4.61. The first-order valence-corrected chi connectivity index (χ1v) is 7.49. The molecule has 21 heavy (non-hydrogen) atoms. The largest absolute Gasteiger partial charge is 0.350 e. The van der Waals surface area contributed by atoms with Gasteiger partial charge in [0.25, 0.3) is 0 Å². The summed E-state index contributed by atoms with van der Waals surface area (Å²) in [6.45, 7) is 5.15. The van der Waals surface area contributed by atoms with Gasteiger partial charge < -0.3 is 10.2 Å². The average Bonchev–Trinajstić information content (AvgIpc) is 3.30. The normalized spacial score (nSPS) is 14.2. The Morgan fingerprint density at radius 2 is 2.00 bits per heavy atom. The number of nitrogens with zero attached hydrogens (tertiary/aromatic N) is 4. The van der Waals surface area contributed by atoms with Gasteiger partial charge in [0, 0.05) is 18.6 Å². The highest BCUT2D eigenvalue weighted by Gasteiger charge is 2.22. The SMILES string of the molecule is CC(C)N(Cc1ccccc1)c1cnnc(NC2CC2)n1. The van der Waals surface area contributed by atoms with E-state index < -0.39 is 0 Å². The fourth-order valence-electron chi connectivity index (χ4n) is 2.21. The number of hydrogen-bond donors (Lipinski definition) is 1. The van der Waals surface area contributed by atoms with Gasteiger partial charge in [-0.1, -0.05) is 30.3 Å². The molecule has 1 saturated carbocycles. The van der Waals surface area contributed by atoms with E-state index in [2.05, 4.69) is 63.5 Å². The van der Waals surface area contributed by atoms with Gasteiger partial charge >= 0.3 is 0 Å². The van der Waals surface area contributed by atoms with Crippen molar-refractivity contribution in [2.24, 2.45) is 0 Å². The van der Waals surface area contributed by atoms with Crippen LogP contribution in [0.25, 0.3) is 0 Å². The fraction of sp³-hybridized carbons (Fsp3) is 0.438. The summed E-state index contributed by atoms with van der Waals surface area (Å²) in [4.78, 5) is 6.85. The van der Waals surface area contributed by atoms with Gasteiger partial charge in [-0.15, -0.1) is 5.10 Å².